The number of nitrogens with zero attached hydrogens (tertiary/aromatic N) is 1. The summed E-state index contributed by atoms with van der Waals surface area (Å²) in [4.78, 5) is 6.63. The van der Waals surface area contributed by atoms with Crippen LogP contribution in [0.2, 0.25) is 0 Å². The van der Waals surface area contributed by atoms with E-state index in [4.69, 9.17) is 17.5 Å². The minimum atomic E-state index is -5.17. The molecule has 0 fully saturated rings. The number of hydrogen-bond donors (Lipinski definition) is 2. The fourth-order valence-electron chi connectivity index (χ4n) is 0.530. The van der Waals surface area contributed by atoms with Crippen LogP contribution in [0.5, 0.6) is 0 Å². The van der Waals surface area contributed by atoms with Crippen LogP contribution < -0.4 is 9.80 Å². The van der Waals surface area contributed by atoms with Crippen molar-refractivity contribution in [2.45, 2.75) is 6.92 Å². The van der Waals surface area contributed by atoms with Gasteiger partial charge in [0.1, 0.15) is 6.20 Å². The average Bonchev–Trinajstić information content (AvgIpc) is 2.50. The summed E-state index contributed by atoms with van der Waals surface area (Å²) >= 11 is 0. The van der Waals surface area contributed by atoms with E-state index in [2.05, 4.69) is 33.1 Å². The molecule has 1 atom stereocenters. The zero-order chi connectivity index (χ0) is 13.2. The van der Waals surface area contributed by atoms with Crippen molar-refractivity contribution in [3.63, 3.8) is 0 Å². The fourth-order valence-corrected chi connectivity index (χ4v) is 0.530. The van der Waals surface area contributed by atoms with Crippen LogP contribution in [-0.4, -0.2) is 51.5 Å². The Kier molecular flexibility index (Phi) is 10.4. The molecule has 0 radical (unpaired) electrons. The van der Waals surface area contributed by atoms with E-state index in [-0.39, 0.29) is 0 Å². The zero-order valence-electron chi connectivity index (χ0n) is 9.93. The number of aliphatic imine (C=N–C) groups is 1. The topological polar surface area (TPSA) is 102 Å². The molecule has 0 aromatic heterocycles. The van der Waals surface area contributed by atoms with Gasteiger partial charge in [-0.25, -0.2) is 4.99 Å². The van der Waals surface area contributed by atoms with Crippen molar-refractivity contribution >= 4 is 16.7 Å². The van der Waals surface area contributed by atoms with Crippen LogP contribution in [0.1, 0.15) is 6.92 Å². The molecular weight excluding hydrogens is 234 g/mol. The summed E-state index contributed by atoms with van der Waals surface area (Å²) in [5, 5.41) is 0. The first-order valence-electron chi connectivity index (χ1n) is 4.65. The number of rotatable bonds is 1. The molecule has 0 bridgehead atoms. The van der Waals surface area contributed by atoms with E-state index in [0.717, 1.165) is 6.54 Å². The number of quaternary nitrogens is 2. The Labute approximate surface area is 96.7 Å². The minimum absolute atomic E-state index is 1.10. The summed E-state index contributed by atoms with van der Waals surface area (Å²) in [6.45, 7) is 3.22. The molecule has 0 spiro atoms. The highest BCUT2D eigenvalue weighted by atomic mass is 32.3. The van der Waals surface area contributed by atoms with Crippen LogP contribution in [0.25, 0.3) is 0 Å². The molecule has 1 rings (SSSR count). The van der Waals surface area contributed by atoms with Crippen molar-refractivity contribution in [3.05, 3.63) is 12.4 Å². The van der Waals surface area contributed by atoms with E-state index < -0.39 is 10.4 Å². The molecule has 0 saturated heterocycles. The van der Waals surface area contributed by atoms with E-state index in [1.807, 2.05) is 18.7 Å². The van der Waals surface area contributed by atoms with E-state index in [1.165, 1.54) is 9.80 Å². The summed E-state index contributed by atoms with van der Waals surface area (Å²) in [6.07, 6.45) is 5.73. The molecule has 1 unspecified atom stereocenters. The van der Waals surface area contributed by atoms with Gasteiger partial charge in [0.05, 0.1) is 33.9 Å². The van der Waals surface area contributed by atoms with Crippen LogP contribution in [0.15, 0.2) is 17.4 Å². The first-order valence-corrected chi connectivity index (χ1v) is 5.99. The van der Waals surface area contributed by atoms with Gasteiger partial charge in [0, 0.05) is 10.4 Å². The number of hydrogen-bond acceptors (Lipinski definition) is 5. The van der Waals surface area contributed by atoms with Gasteiger partial charge >= 0.3 is 0 Å². The van der Waals surface area contributed by atoms with Gasteiger partial charge < -0.3 is 14.0 Å². The monoisotopic (exact) mass is 253 g/mol. The van der Waals surface area contributed by atoms with Gasteiger partial charge in [-0.2, -0.15) is 0 Å². The second-order valence-electron chi connectivity index (χ2n) is 3.43. The highest BCUT2D eigenvalue weighted by Crippen LogP contribution is 1.68. The highest BCUT2D eigenvalue weighted by Gasteiger charge is 1.97. The Bertz CT molecular complexity index is 288. The van der Waals surface area contributed by atoms with Crippen LogP contribution in [-0.2, 0) is 10.4 Å². The molecule has 16 heavy (non-hydrogen) atoms. The second kappa shape index (κ2) is 9.43. The summed E-state index contributed by atoms with van der Waals surface area (Å²) < 4.78 is 34.1. The van der Waals surface area contributed by atoms with Crippen LogP contribution in [0, 0.1) is 0 Å². The smallest absolute Gasteiger partial charge is 0.193 e. The highest BCUT2D eigenvalue weighted by molar-refractivity contribution is 7.79. The van der Waals surface area contributed by atoms with Crippen LogP contribution >= 0.6 is 0 Å². The molecular formula is C8H19N3O4S. The second-order valence-corrected chi connectivity index (χ2v) is 4.25. The molecule has 0 aromatic carbocycles. The maximum Gasteiger partial charge on any atom is 0.193 e. The van der Waals surface area contributed by atoms with Crippen LogP contribution in [0.3, 0.4) is 0 Å². The molecule has 0 aliphatic carbocycles. The molecule has 1 heterocycles. The maximum absolute atomic E-state index is 8.52. The van der Waals surface area contributed by atoms with Gasteiger partial charge in [-0.1, -0.05) is 0 Å². The van der Waals surface area contributed by atoms with E-state index in [1.54, 1.807) is 0 Å². The normalized spacial score (nSPS) is 17.6. The molecule has 0 aromatic rings. The zero-order valence-corrected chi connectivity index (χ0v) is 10.7. The van der Waals surface area contributed by atoms with E-state index in [0.29, 0.717) is 0 Å². The molecule has 0 saturated carbocycles. The lowest BCUT2D eigenvalue weighted by atomic mass is 10.7. The molecule has 1 aliphatic heterocycles. The van der Waals surface area contributed by atoms with Gasteiger partial charge in [-0.15, -0.1) is 0 Å². The summed E-state index contributed by atoms with van der Waals surface area (Å²) in [5.74, 6) is 0. The lowest BCUT2D eigenvalue weighted by molar-refractivity contribution is -0.836. The average molecular weight is 253 g/mol. The predicted molar refractivity (Wildman–Crippen MR) is 58.3 cm³/mol. The molecule has 8 heteroatoms. The Morgan fingerprint density at radius 2 is 1.69 bits per heavy atom. The van der Waals surface area contributed by atoms with Crippen molar-refractivity contribution < 1.29 is 27.3 Å². The third-order valence-corrected chi connectivity index (χ3v) is 1.02. The van der Waals surface area contributed by atoms with Gasteiger partial charge in [0.25, 0.3) is 0 Å². The molecule has 2 N–H and O–H groups in total. The SMILES string of the molecule is CC[NH+]1C=CN=C1.C[NH+](C)C.O=S(=O)([O-])[O-]. The van der Waals surface area contributed by atoms with Gasteiger partial charge in [-0.3, -0.25) is 13.3 Å². The maximum atomic E-state index is 8.52. The minimum Gasteiger partial charge on any atom is -0.759 e. The first kappa shape index (κ1) is 17.6. The molecule has 0 amide bonds. The Morgan fingerprint density at radius 3 is 1.81 bits per heavy atom. The van der Waals surface area contributed by atoms with Gasteiger partial charge in [0.2, 0.25) is 0 Å². The number of nitrogens with one attached hydrogen (secondary N) is 2. The van der Waals surface area contributed by atoms with Crippen molar-refractivity contribution in [3.8, 4) is 0 Å². The molecule has 1 aliphatic rings. The summed E-state index contributed by atoms with van der Waals surface area (Å²) in [7, 11) is 1.08. The van der Waals surface area contributed by atoms with Crippen molar-refractivity contribution in [1.29, 1.82) is 0 Å². The Hall–Kier alpha value is -0.800. The quantitative estimate of drug-likeness (QED) is 0.380. The van der Waals surface area contributed by atoms with Crippen molar-refractivity contribution in [2.24, 2.45) is 4.99 Å². The van der Waals surface area contributed by atoms with E-state index >= 15 is 0 Å². The fraction of sp³-hybridized carbons (Fsp3) is 0.625. The lowest BCUT2D eigenvalue weighted by Gasteiger charge is -2.06. The third-order valence-electron chi connectivity index (χ3n) is 1.02. The third kappa shape index (κ3) is 29.2. The van der Waals surface area contributed by atoms with Gasteiger partial charge in [0.15, 0.2) is 6.34 Å². The van der Waals surface area contributed by atoms with Crippen molar-refractivity contribution in [1.82, 2.24) is 0 Å². The standard InChI is InChI=1S/C5H8N2.C3H9N.H2O4S/c1-2-7-4-3-6-5-7;1-4(2)3;1-5(2,3)4/h3-5H,2H2,1H3;1-3H3;(H2,1,2,3,4). The Balaban J connectivity index is 0. The summed E-state index contributed by atoms with van der Waals surface area (Å²) in [6, 6.07) is 0. The Morgan fingerprint density at radius 1 is 1.31 bits per heavy atom. The lowest BCUT2D eigenvalue weighted by Crippen LogP contribution is -3.05. The van der Waals surface area contributed by atoms with Crippen molar-refractivity contribution in [2.75, 3.05) is 27.7 Å². The van der Waals surface area contributed by atoms with Gasteiger partial charge in [-0.05, 0) is 6.92 Å². The largest absolute Gasteiger partial charge is 0.759 e. The van der Waals surface area contributed by atoms with E-state index in [9.17, 15) is 0 Å². The molecule has 7 nitrogen and oxygen atoms in total. The summed E-state index contributed by atoms with van der Waals surface area (Å²) in [5.41, 5.74) is 0. The van der Waals surface area contributed by atoms with Crippen LogP contribution in [0.4, 0.5) is 0 Å². The predicted octanol–water partition coefficient (Wildman–Crippen LogP) is -3.17. The molecule has 96 valence electrons. The first-order chi connectivity index (χ1) is 7.16.